The van der Waals surface area contributed by atoms with Gasteiger partial charge in [-0.15, -0.1) is 0 Å². The molecule has 0 atom stereocenters. The number of carbonyl (C=O) groups is 1. The van der Waals surface area contributed by atoms with Gasteiger partial charge in [0.2, 0.25) is 5.88 Å². The lowest BCUT2D eigenvalue weighted by Crippen LogP contribution is -2.42. The standard InChI is InChI=1S/C25H28FN7O2/c1-15-13-33-14-16(11-19(26)24(33)28-15)29-25(34)18-5-6-20(23-22(18)30-21(35-4)12-27-23)32-9-7-17(8-10-32)31(2)3/h5-6,11-14,17H,7-10H2,1-4H3,(H,29,34). The number of hydrogen-bond acceptors (Lipinski definition) is 7. The minimum atomic E-state index is -0.515. The van der Waals surface area contributed by atoms with E-state index in [0.29, 0.717) is 39.9 Å². The molecule has 1 aromatic carbocycles. The number of fused-ring (bicyclic) bond motifs is 2. The van der Waals surface area contributed by atoms with Crippen molar-refractivity contribution >= 4 is 34.0 Å². The van der Waals surface area contributed by atoms with Crippen molar-refractivity contribution < 1.29 is 13.9 Å². The molecule has 0 unspecified atom stereocenters. The van der Waals surface area contributed by atoms with Gasteiger partial charge < -0.3 is 24.3 Å². The van der Waals surface area contributed by atoms with E-state index < -0.39 is 11.7 Å². The van der Waals surface area contributed by atoms with Crippen molar-refractivity contribution in [1.82, 2.24) is 24.3 Å². The first kappa shape index (κ1) is 23.0. The predicted octanol–water partition coefficient (Wildman–Crippen LogP) is 3.52. The molecule has 0 saturated carbocycles. The summed E-state index contributed by atoms with van der Waals surface area (Å²) in [5.41, 5.74) is 3.56. The molecular formula is C25H28FN7O2. The van der Waals surface area contributed by atoms with Crippen LogP contribution in [-0.2, 0) is 0 Å². The summed E-state index contributed by atoms with van der Waals surface area (Å²) in [6, 6.07) is 5.47. The molecule has 1 saturated heterocycles. The number of imidazole rings is 1. The quantitative estimate of drug-likeness (QED) is 0.471. The van der Waals surface area contributed by atoms with Crippen molar-refractivity contribution in [3.63, 3.8) is 0 Å². The van der Waals surface area contributed by atoms with E-state index in [0.717, 1.165) is 31.6 Å². The maximum absolute atomic E-state index is 14.5. The van der Waals surface area contributed by atoms with Crippen molar-refractivity contribution in [2.24, 2.45) is 0 Å². The zero-order chi connectivity index (χ0) is 24.7. The normalized spacial score (nSPS) is 14.7. The lowest BCUT2D eigenvalue weighted by atomic mass is 10.0. The number of hydrogen-bond donors (Lipinski definition) is 1. The molecule has 0 radical (unpaired) electrons. The molecule has 4 aromatic rings. The summed E-state index contributed by atoms with van der Waals surface area (Å²) in [5.74, 6) is -0.610. The molecule has 10 heteroatoms. The van der Waals surface area contributed by atoms with Crippen LogP contribution in [0.4, 0.5) is 15.8 Å². The van der Waals surface area contributed by atoms with Gasteiger partial charge in [0.25, 0.3) is 5.91 Å². The van der Waals surface area contributed by atoms with Crippen LogP contribution in [0.1, 0.15) is 28.9 Å². The molecule has 0 spiro atoms. The van der Waals surface area contributed by atoms with Crippen LogP contribution in [0.15, 0.2) is 36.8 Å². The third-order valence-electron chi connectivity index (χ3n) is 6.53. The second-order valence-corrected chi connectivity index (χ2v) is 9.07. The molecule has 35 heavy (non-hydrogen) atoms. The van der Waals surface area contributed by atoms with Gasteiger partial charge in [-0.1, -0.05) is 0 Å². The van der Waals surface area contributed by atoms with Gasteiger partial charge in [-0.05, 0) is 46.0 Å². The lowest BCUT2D eigenvalue weighted by Gasteiger charge is -2.36. The number of aromatic nitrogens is 4. The fraction of sp³-hybridized carbons (Fsp3) is 0.360. The first-order valence-electron chi connectivity index (χ1n) is 11.6. The highest BCUT2D eigenvalue weighted by atomic mass is 19.1. The number of nitrogens with one attached hydrogen (secondary N) is 1. The summed E-state index contributed by atoms with van der Waals surface area (Å²) in [5, 5.41) is 2.79. The van der Waals surface area contributed by atoms with E-state index >= 15 is 0 Å². The minimum absolute atomic E-state index is 0.212. The Kier molecular flexibility index (Phi) is 5.98. The average molecular weight is 478 g/mol. The zero-order valence-corrected chi connectivity index (χ0v) is 20.2. The van der Waals surface area contributed by atoms with E-state index in [1.54, 1.807) is 36.0 Å². The number of ether oxygens (including phenoxy) is 1. The van der Waals surface area contributed by atoms with E-state index in [1.165, 1.54) is 13.2 Å². The van der Waals surface area contributed by atoms with Crippen LogP contribution in [0.5, 0.6) is 5.88 Å². The van der Waals surface area contributed by atoms with Crippen LogP contribution in [0.25, 0.3) is 16.7 Å². The van der Waals surface area contributed by atoms with E-state index in [4.69, 9.17) is 4.74 Å². The van der Waals surface area contributed by atoms with Gasteiger partial charge in [0.05, 0.1) is 35.9 Å². The van der Waals surface area contributed by atoms with Crippen LogP contribution < -0.4 is 15.0 Å². The van der Waals surface area contributed by atoms with Gasteiger partial charge in [-0.3, -0.25) is 4.79 Å². The topological polar surface area (TPSA) is 87.9 Å². The summed E-state index contributed by atoms with van der Waals surface area (Å²) in [7, 11) is 5.73. The van der Waals surface area contributed by atoms with Gasteiger partial charge in [-0.25, -0.2) is 19.3 Å². The smallest absolute Gasteiger partial charge is 0.257 e. The minimum Gasteiger partial charge on any atom is -0.480 e. The van der Waals surface area contributed by atoms with Crippen LogP contribution in [-0.4, -0.2) is 70.5 Å². The summed E-state index contributed by atoms with van der Waals surface area (Å²) in [6.07, 6.45) is 6.98. The van der Waals surface area contributed by atoms with E-state index in [1.807, 2.05) is 6.07 Å². The van der Waals surface area contributed by atoms with Crippen LogP contribution in [0.3, 0.4) is 0 Å². The third kappa shape index (κ3) is 4.37. The number of amides is 1. The Morgan fingerprint density at radius 2 is 1.94 bits per heavy atom. The van der Waals surface area contributed by atoms with Gasteiger partial charge in [0.15, 0.2) is 11.5 Å². The number of benzene rings is 1. The van der Waals surface area contributed by atoms with E-state index in [2.05, 4.69) is 44.2 Å². The number of carbonyl (C=O) groups excluding carboxylic acids is 1. The van der Waals surface area contributed by atoms with Crippen molar-refractivity contribution in [2.45, 2.75) is 25.8 Å². The Labute approximate surface area is 202 Å². The fourth-order valence-corrected chi connectivity index (χ4v) is 4.67. The largest absolute Gasteiger partial charge is 0.480 e. The number of methoxy groups -OCH3 is 1. The predicted molar refractivity (Wildman–Crippen MR) is 133 cm³/mol. The number of anilines is 2. The molecule has 1 aliphatic rings. The van der Waals surface area contributed by atoms with Crippen molar-refractivity contribution in [3.8, 4) is 5.88 Å². The molecule has 1 fully saturated rings. The number of halogens is 1. The summed E-state index contributed by atoms with van der Waals surface area (Å²) >= 11 is 0. The van der Waals surface area contributed by atoms with Crippen molar-refractivity contribution in [1.29, 1.82) is 0 Å². The molecule has 1 amide bonds. The second kappa shape index (κ2) is 9.10. The molecule has 0 aliphatic carbocycles. The molecule has 1 aliphatic heterocycles. The number of piperidine rings is 1. The van der Waals surface area contributed by atoms with Gasteiger partial charge in [-0.2, -0.15) is 0 Å². The summed E-state index contributed by atoms with van der Waals surface area (Å²) in [4.78, 5) is 31.2. The number of aryl methyl sites for hydroxylation is 1. The van der Waals surface area contributed by atoms with Gasteiger partial charge in [0, 0.05) is 37.6 Å². The number of pyridine rings is 1. The maximum Gasteiger partial charge on any atom is 0.257 e. The van der Waals surface area contributed by atoms with Crippen LogP contribution >= 0.6 is 0 Å². The fourth-order valence-electron chi connectivity index (χ4n) is 4.67. The first-order valence-corrected chi connectivity index (χ1v) is 11.6. The van der Waals surface area contributed by atoms with Gasteiger partial charge >= 0.3 is 0 Å². The molecule has 4 heterocycles. The molecule has 0 bridgehead atoms. The molecule has 182 valence electrons. The Morgan fingerprint density at radius 3 is 2.66 bits per heavy atom. The number of nitrogens with zero attached hydrogens (tertiary/aromatic N) is 6. The Morgan fingerprint density at radius 1 is 1.17 bits per heavy atom. The van der Waals surface area contributed by atoms with Crippen molar-refractivity contribution in [2.75, 3.05) is 44.5 Å². The lowest BCUT2D eigenvalue weighted by molar-refractivity contribution is 0.102. The molecule has 1 N–H and O–H groups in total. The first-order chi connectivity index (χ1) is 16.8. The van der Waals surface area contributed by atoms with E-state index in [9.17, 15) is 9.18 Å². The summed E-state index contributed by atoms with van der Waals surface area (Å²) in [6.45, 7) is 3.56. The number of rotatable bonds is 5. The Balaban J connectivity index is 1.49. The van der Waals surface area contributed by atoms with E-state index in [-0.39, 0.29) is 5.65 Å². The summed E-state index contributed by atoms with van der Waals surface area (Å²) < 4.78 is 21.4. The highest BCUT2D eigenvalue weighted by Gasteiger charge is 2.24. The zero-order valence-electron chi connectivity index (χ0n) is 20.2. The Hall–Kier alpha value is -3.79. The highest BCUT2D eigenvalue weighted by Crippen LogP contribution is 2.31. The highest BCUT2D eigenvalue weighted by molar-refractivity contribution is 6.13. The monoisotopic (exact) mass is 477 g/mol. The van der Waals surface area contributed by atoms with Gasteiger partial charge in [0.1, 0.15) is 11.0 Å². The maximum atomic E-state index is 14.5. The molecule has 3 aromatic heterocycles. The van der Waals surface area contributed by atoms with Crippen LogP contribution in [0.2, 0.25) is 0 Å². The Bertz CT molecular complexity index is 1410. The third-order valence-corrected chi connectivity index (χ3v) is 6.53. The second-order valence-electron chi connectivity index (χ2n) is 9.07. The van der Waals surface area contributed by atoms with Crippen LogP contribution in [0, 0.1) is 12.7 Å². The average Bonchev–Trinajstić information content (AvgIpc) is 3.23. The SMILES string of the molecule is COc1cnc2c(N3CCC(N(C)C)CC3)ccc(C(=O)Nc3cc(F)c4nc(C)cn4c3)c2n1. The molecular weight excluding hydrogens is 449 g/mol. The molecule has 5 rings (SSSR count). The van der Waals surface area contributed by atoms with Crippen molar-refractivity contribution in [3.05, 3.63) is 53.9 Å². The molecule has 9 nitrogen and oxygen atoms in total.